The number of nitrogens with one attached hydrogen (secondary N) is 1. The monoisotopic (exact) mass is 212 g/mol. The first-order chi connectivity index (χ1) is 6.88. The maximum absolute atomic E-state index is 11.9. The van der Waals surface area contributed by atoms with Gasteiger partial charge in [0.25, 0.3) is 0 Å². The molecule has 0 radical (unpaired) electrons. The maximum Gasteiger partial charge on any atom is 0.223 e. The molecule has 0 saturated heterocycles. The molecule has 1 amide bonds. The van der Waals surface area contributed by atoms with E-state index >= 15 is 0 Å². The second-order valence-electron chi connectivity index (χ2n) is 5.68. The molecule has 3 nitrogen and oxygen atoms in total. The first kappa shape index (κ1) is 12.5. The Balaban J connectivity index is 2.42. The van der Waals surface area contributed by atoms with E-state index in [1.165, 1.54) is 0 Å². The highest BCUT2D eigenvalue weighted by Crippen LogP contribution is 2.51. The van der Waals surface area contributed by atoms with Crippen LogP contribution in [-0.4, -0.2) is 18.5 Å². The molecule has 1 aliphatic rings. The van der Waals surface area contributed by atoms with Gasteiger partial charge in [0.15, 0.2) is 0 Å². The topological polar surface area (TPSA) is 55.1 Å². The Morgan fingerprint density at radius 3 is 2.40 bits per heavy atom. The third kappa shape index (κ3) is 3.20. The molecule has 3 heteroatoms. The Morgan fingerprint density at radius 1 is 1.53 bits per heavy atom. The third-order valence-corrected chi connectivity index (χ3v) is 3.44. The summed E-state index contributed by atoms with van der Waals surface area (Å²) in [6.07, 6.45) is 1.89. The quantitative estimate of drug-likeness (QED) is 0.726. The van der Waals surface area contributed by atoms with Crippen molar-refractivity contribution in [2.75, 3.05) is 6.54 Å². The molecule has 3 N–H and O–H groups in total. The van der Waals surface area contributed by atoms with Crippen molar-refractivity contribution >= 4 is 5.91 Å². The normalized spacial score (nSPS) is 25.1. The molecule has 1 rings (SSSR count). The summed E-state index contributed by atoms with van der Waals surface area (Å²) in [5.41, 5.74) is 5.75. The molecule has 2 unspecified atom stereocenters. The van der Waals surface area contributed by atoms with E-state index in [0.717, 1.165) is 12.8 Å². The van der Waals surface area contributed by atoms with Crippen LogP contribution < -0.4 is 11.1 Å². The Labute approximate surface area is 92.8 Å². The second kappa shape index (κ2) is 4.52. The van der Waals surface area contributed by atoms with Crippen molar-refractivity contribution in [3.8, 4) is 0 Å². The largest absolute Gasteiger partial charge is 0.353 e. The maximum atomic E-state index is 11.9. The molecule has 0 spiro atoms. The summed E-state index contributed by atoms with van der Waals surface area (Å²) in [5, 5.41) is 3.12. The van der Waals surface area contributed by atoms with Gasteiger partial charge in [0, 0.05) is 12.0 Å². The molecular formula is C12H24N2O. The van der Waals surface area contributed by atoms with E-state index in [9.17, 15) is 4.79 Å². The predicted octanol–water partition coefficient (Wildman–Crippen LogP) is 1.52. The number of hydrogen-bond donors (Lipinski definition) is 2. The average Bonchev–Trinajstić information content (AvgIpc) is 2.74. The van der Waals surface area contributed by atoms with Gasteiger partial charge in [-0.05, 0) is 30.7 Å². The Morgan fingerprint density at radius 2 is 2.07 bits per heavy atom. The zero-order valence-electron chi connectivity index (χ0n) is 10.3. The summed E-state index contributed by atoms with van der Waals surface area (Å²) in [5.74, 6) is 0.892. The van der Waals surface area contributed by atoms with Gasteiger partial charge in [-0.15, -0.1) is 0 Å². The number of carbonyl (C=O) groups excluding carboxylic acids is 1. The van der Waals surface area contributed by atoms with Gasteiger partial charge in [0.1, 0.15) is 0 Å². The second-order valence-corrected chi connectivity index (χ2v) is 5.68. The van der Waals surface area contributed by atoms with Gasteiger partial charge >= 0.3 is 0 Å². The Bertz CT molecular complexity index is 236. The van der Waals surface area contributed by atoms with Crippen LogP contribution in [0.4, 0.5) is 0 Å². The van der Waals surface area contributed by atoms with Crippen molar-refractivity contribution in [3.63, 3.8) is 0 Å². The number of amides is 1. The molecule has 88 valence electrons. The minimum atomic E-state index is 0.215. The Hall–Kier alpha value is -0.570. The summed E-state index contributed by atoms with van der Waals surface area (Å²) in [6, 6.07) is 0.235. The lowest BCUT2D eigenvalue weighted by molar-refractivity contribution is -0.124. The lowest BCUT2D eigenvalue weighted by Crippen LogP contribution is -2.41. The number of hydrogen-bond acceptors (Lipinski definition) is 2. The van der Waals surface area contributed by atoms with Gasteiger partial charge in [-0.2, -0.15) is 0 Å². The fraction of sp³-hybridized carbons (Fsp3) is 0.917. The number of nitrogens with two attached hydrogens (primary N) is 1. The molecule has 0 bridgehead atoms. The van der Waals surface area contributed by atoms with Gasteiger partial charge in [-0.25, -0.2) is 0 Å². The third-order valence-electron chi connectivity index (χ3n) is 3.44. The van der Waals surface area contributed by atoms with Crippen molar-refractivity contribution < 1.29 is 4.79 Å². The van der Waals surface area contributed by atoms with E-state index in [-0.39, 0.29) is 23.3 Å². The van der Waals surface area contributed by atoms with Crippen LogP contribution >= 0.6 is 0 Å². The smallest absolute Gasteiger partial charge is 0.223 e. The molecule has 0 aromatic carbocycles. The molecule has 1 saturated carbocycles. The predicted molar refractivity (Wildman–Crippen MR) is 62.3 cm³/mol. The van der Waals surface area contributed by atoms with Gasteiger partial charge in [0.05, 0.1) is 0 Å². The number of carbonyl (C=O) groups is 1. The van der Waals surface area contributed by atoms with Gasteiger partial charge in [0.2, 0.25) is 5.91 Å². The van der Waals surface area contributed by atoms with E-state index in [1.54, 1.807) is 0 Å². The molecule has 2 atom stereocenters. The van der Waals surface area contributed by atoms with Crippen LogP contribution in [-0.2, 0) is 4.79 Å². The molecule has 0 aromatic heterocycles. The van der Waals surface area contributed by atoms with Gasteiger partial charge < -0.3 is 11.1 Å². The molecule has 0 aromatic rings. The number of rotatable bonds is 5. The summed E-state index contributed by atoms with van der Waals surface area (Å²) in [4.78, 5) is 11.9. The van der Waals surface area contributed by atoms with Crippen LogP contribution in [0.1, 0.15) is 40.5 Å². The van der Waals surface area contributed by atoms with Crippen LogP contribution in [0.5, 0.6) is 0 Å². The van der Waals surface area contributed by atoms with E-state index in [1.807, 2.05) is 0 Å². The van der Waals surface area contributed by atoms with Crippen LogP contribution in [0.25, 0.3) is 0 Å². The standard InChI is InChI=1S/C12H24N2O/c1-8(2)10(5-6-13)14-11(15)9-7-12(9,3)4/h8-10H,5-7,13H2,1-4H3,(H,14,15). The first-order valence-electron chi connectivity index (χ1n) is 5.89. The van der Waals surface area contributed by atoms with Gasteiger partial charge in [-0.3, -0.25) is 4.79 Å². The molecule has 15 heavy (non-hydrogen) atoms. The summed E-state index contributed by atoms with van der Waals surface area (Å²) in [7, 11) is 0. The van der Waals surface area contributed by atoms with E-state index in [2.05, 4.69) is 33.0 Å². The first-order valence-corrected chi connectivity index (χ1v) is 5.89. The minimum absolute atomic E-state index is 0.215. The highest BCUT2D eigenvalue weighted by atomic mass is 16.2. The fourth-order valence-corrected chi connectivity index (χ4v) is 1.95. The molecule has 0 aliphatic heterocycles. The summed E-state index contributed by atoms with van der Waals surface area (Å²) < 4.78 is 0. The van der Waals surface area contributed by atoms with Crippen LogP contribution in [0.15, 0.2) is 0 Å². The zero-order chi connectivity index (χ0) is 11.6. The van der Waals surface area contributed by atoms with E-state index in [0.29, 0.717) is 12.5 Å². The lowest BCUT2D eigenvalue weighted by atomic mass is 10.0. The summed E-state index contributed by atoms with van der Waals surface area (Å²) in [6.45, 7) is 9.17. The zero-order valence-corrected chi connectivity index (χ0v) is 10.3. The van der Waals surface area contributed by atoms with Crippen molar-refractivity contribution in [3.05, 3.63) is 0 Å². The average molecular weight is 212 g/mol. The van der Waals surface area contributed by atoms with Gasteiger partial charge in [-0.1, -0.05) is 27.7 Å². The lowest BCUT2D eigenvalue weighted by Gasteiger charge is -2.22. The summed E-state index contributed by atoms with van der Waals surface area (Å²) >= 11 is 0. The van der Waals surface area contributed by atoms with Crippen molar-refractivity contribution in [2.24, 2.45) is 23.0 Å². The minimum Gasteiger partial charge on any atom is -0.353 e. The van der Waals surface area contributed by atoms with Crippen molar-refractivity contribution in [1.29, 1.82) is 0 Å². The molecule has 1 fully saturated rings. The van der Waals surface area contributed by atoms with Crippen LogP contribution in [0.3, 0.4) is 0 Å². The van der Waals surface area contributed by atoms with Crippen molar-refractivity contribution in [2.45, 2.75) is 46.6 Å². The van der Waals surface area contributed by atoms with E-state index < -0.39 is 0 Å². The van der Waals surface area contributed by atoms with Crippen LogP contribution in [0.2, 0.25) is 0 Å². The van der Waals surface area contributed by atoms with E-state index in [4.69, 9.17) is 5.73 Å². The molecular weight excluding hydrogens is 188 g/mol. The highest BCUT2D eigenvalue weighted by molar-refractivity contribution is 5.82. The molecule has 0 heterocycles. The SMILES string of the molecule is CC(C)C(CCN)NC(=O)C1CC1(C)C. The van der Waals surface area contributed by atoms with Crippen molar-refractivity contribution in [1.82, 2.24) is 5.32 Å². The Kier molecular flexibility index (Phi) is 3.77. The fourth-order valence-electron chi connectivity index (χ4n) is 1.95. The highest BCUT2D eigenvalue weighted by Gasteiger charge is 2.50. The van der Waals surface area contributed by atoms with Crippen LogP contribution in [0, 0.1) is 17.3 Å². The molecule has 1 aliphatic carbocycles.